The first-order chi connectivity index (χ1) is 8.81. The number of nitrogens with one attached hydrogen (secondary N) is 1. The van der Waals surface area contributed by atoms with Crippen molar-refractivity contribution >= 4 is 5.91 Å². The monoisotopic (exact) mass is 247 g/mol. The van der Waals surface area contributed by atoms with Gasteiger partial charge in [0.05, 0.1) is 6.54 Å². The van der Waals surface area contributed by atoms with Crippen molar-refractivity contribution in [2.24, 2.45) is 5.73 Å². The molecule has 0 aromatic heterocycles. The minimum absolute atomic E-state index is 0.116. The zero-order chi connectivity index (χ0) is 12.8. The standard InChI is InChI=1S/C14H21N3O/c15-8-7-13(12-5-2-1-3-6-12)17-10-4-9-16-14(18)11-17/h1-3,5-6,13H,4,7-11,15H2,(H,16,18). The summed E-state index contributed by atoms with van der Waals surface area (Å²) in [6.45, 7) is 2.83. The van der Waals surface area contributed by atoms with Crippen molar-refractivity contribution < 1.29 is 4.79 Å². The molecule has 1 aromatic rings. The summed E-state index contributed by atoms with van der Waals surface area (Å²) in [5.74, 6) is 0.116. The summed E-state index contributed by atoms with van der Waals surface area (Å²) in [7, 11) is 0. The quantitative estimate of drug-likeness (QED) is 0.831. The minimum Gasteiger partial charge on any atom is -0.355 e. The number of hydrogen-bond donors (Lipinski definition) is 2. The van der Waals surface area contributed by atoms with E-state index in [1.807, 2.05) is 18.2 Å². The fraction of sp³-hybridized carbons (Fsp3) is 0.500. The van der Waals surface area contributed by atoms with Crippen LogP contribution in [0.2, 0.25) is 0 Å². The van der Waals surface area contributed by atoms with Gasteiger partial charge in [0, 0.05) is 19.1 Å². The van der Waals surface area contributed by atoms with E-state index < -0.39 is 0 Å². The normalized spacial score (nSPS) is 19.1. The van der Waals surface area contributed by atoms with Crippen molar-refractivity contribution in [3.05, 3.63) is 35.9 Å². The Morgan fingerprint density at radius 2 is 2.11 bits per heavy atom. The zero-order valence-corrected chi connectivity index (χ0v) is 10.6. The molecular formula is C14H21N3O. The molecule has 1 atom stereocenters. The summed E-state index contributed by atoms with van der Waals surface area (Å²) in [6, 6.07) is 10.6. The molecular weight excluding hydrogens is 226 g/mol. The third-order valence-corrected chi connectivity index (χ3v) is 3.36. The molecule has 0 radical (unpaired) electrons. The van der Waals surface area contributed by atoms with Gasteiger partial charge in [0.2, 0.25) is 5.91 Å². The molecule has 1 aliphatic rings. The van der Waals surface area contributed by atoms with Gasteiger partial charge in [0.15, 0.2) is 0 Å². The molecule has 1 fully saturated rings. The van der Waals surface area contributed by atoms with E-state index in [4.69, 9.17) is 5.73 Å². The second-order valence-electron chi connectivity index (χ2n) is 4.68. The van der Waals surface area contributed by atoms with Crippen molar-refractivity contribution in [3.8, 4) is 0 Å². The Labute approximate surface area is 108 Å². The summed E-state index contributed by atoms with van der Waals surface area (Å²) in [6.07, 6.45) is 1.89. The molecule has 0 aliphatic carbocycles. The van der Waals surface area contributed by atoms with E-state index in [2.05, 4.69) is 22.3 Å². The molecule has 1 unspecified atom stereocenters. The van der Waals surface area contributed by atoms with Crippen molar-refractivity contribution in [1.29, 1.82) is 0 Å². The SMILES string of the molecule is NCCC(c1ccccc1)N1CCCNC(=O)C1. The summed E-state index contributed by atoms with van der Waals surface area (Å²) in [4.78, 5) is 13.9. The van der Waals surface area contributed by atoms with Crippen LogP contribution in [-0.4, -0.2) is 37.0 Å². The van der Waals surface area contributed by atoms with E-state index in [0.717, 1.165) is 25.9 Å². The van der Waals surface area contributed by atoms with Crippen LogP contribution in [0.15, 0.2) is 30.3 Å². The number of hydrogen-bond acceptors (Lipinski definition) is 3. The van der Waals surface area contributed by atoms with Crippen LogP contribution in [0, 0.1) is 0 Å². The molecule has 0 saturated carbocycles. The Bertz CT molecular complexity index is 380. The van der Waals surface area contributed by atoms with Crippen LogP contribution >= 0.6 is 0 Å². The average Bonchev–Trinajstić information content (AvgIpc) is 2.61. The Morgan fingerprint density at radius 1 is 1.33 bits per heavy atom. The predicted molar refractivity (Wildman–Crippen MR) is 72.1 cm³/mol. The molecule has 1 amide bonds. The molecule has 1 aliphatic heterocycles. The van der Waals surface area contributed by atoms with Crippen molar-refractivity contribution in [3.63, 3.8) is 0 Å². The van der Waals surface area contributed by atoms with Gasteiger partial charge >= 0.3 is 0 Å². The highest BCUT2D eigenvalue weighted by Crippen LogP contribution is 2.24. The van der Waals surface area contributed by atoms with Crippen LogP contribution in [-0.2, 0) is 4.79 Å². The van der Waals surface area contributed by atoms with Crippen LogP contribution in [0.4, 0.5) is 0 Å². The molecule has 1 heterocycles. The van der Waals surface area contributed by atoms with Crippen LogP contribution < -0.4 is 11.1 Å². The number of rotatable bonds is 4. The summed E-state index contributed by atoms with van der Waals surface area (Å²) < 4.78 is 0. The number of carbonyl (C=O) groups is 1. The van der Waals surface area contributed by atoms with Crippen LogP contribution in [0.25, 0.3) is 0 Å². The minimum atomic E-state index is 0.116. The molecule has 0 bridgehead atoms. The lowest BCUT2D eigenvalue weighted by Crippen LogP contribution is -2.36. The fourth-order valence-electron chi connectivity index (χ4n) is 2.49. The van der Waals surface area contributed by atoms with Gasteiger partial charge in [-0.15, -0.1) is 0 Å². The number of carbonyl (C=O) groups excluding carboxylic acids is 1. The molecule has 98 valence electrons. The largest absolute Gasteiger partial charge is 0.355 e. The maximum absolute atomic E-state index is 11.6. The molecule has 0 spiro atoms. The van der Waals surface area contributed by atoms with Crippen molar-refractivity contribution in [1.82, 2.24) is 10.2 Å². The van der Waals surface area contributed by atoms with Gasteiger partial charge in [-0.25, -0.2) is 0 Å². The third-order valence-electron chi connectivity index (χ3n) is 3.36. The van der Waals surface area contributed by atoms with E-state index in [1.165, 1.54) is 5.56 Å². The van der Waals surface area contributed by atoms with Gasteiger partial charge in [0.25, 0.3) is 0 Å². The number of benzene rings is 1. The van der Waals surface area contributed by atoms with Crippen LogP contribution in [0.5, 0.6) is 0 Å². The van der Waals surface area contributed by atoms with Gasteiger partial charge in [-0.3, -0.25) is 9.69 Å². The lowest BCUT2D eigenvalue weighted by molar-refractivity contribution is -0.122. The molecule has 4 heteroatoms. The first-order valence-electron chi connectivity index (χ1n) is 6.57. The fourth-order valence-corrected chi connectivity index (χ4v) is 2.49. The summed E-state index contributed by atoms with van der Waals surface area (Å²) in [5, 5.41) is 2.91. The molecule has 1 aromatic carbocycles. The Kier molecular flexibility index (Phi) is 4.73. The number of amides is 1. The maximum Gasteiger partial charge on any atom is 0.234 e. The smallest absolute Gasteiger partial charge is 0.234 e. The Hall–Kier alpha value is -1.39. The molecule has 18 heavy (non-hydrogen) atoms. The number of nitrogens with zero attached hydrogens (tertiary/aromatic N) is 1. The van der Waals surface area contributed by atoms with E-state index >= 15 is 0 Å². The topological polar surface area (TPSA) is 58.4 Å². The predicted octanol–water partition coefficient (Wildman–Crippen LogP) is 0.898. The second kappa shape index (κ2) is 6.52. The second-order valence-corrected chi connectivity index (χ2v) is 4.68. The lowest BCUT2D eigenvalue weighted by Gasteiger charge is -2.29. The van der Waals surface area contributed by atoms with E-state index in [0.29, 0.717) is 13.1 Å². The van der Waals surface area contributed by atoms with E-state index in [9.17, 15) is 4.79 Å². The van der Waals surface area contributed by atoms with Crippen LogP contribution in [0.1, 0.15) is 24.4 Å². The van der Waals surface area contributed by atoms with Gasteiger partial charge in [-0.2, -0.15) is 0 Å². The lowest BCUT2D eigenvalue weighted by atomic mass is 10.0. The molecule has 1 saturated heterocycles. The van der Waals surface area contributed by atoms with Gasteiger partial charge in [-0.1, -0.05) is 30.3 Å². The number of nitrogens with two attached hydrogens (primary N) is 1. The highest BCUT2D eigenvalue weighted by atomic mass is 16.2. The first kappa shape index (κ1) is 13.1. The van der Waals surface area contributed by atoms with Crippen LogP contribution in [0.3, 0.4) is 0 Å². The third kappa shape index (κ3) is 3.31. The highest BCUT2D eigenvalue weighted by Gasteiger charge is 2.23. The highest BCUT2D eigenvalue weighted by molar-refractivity contribution is 5.78. The zero-order valence-electron chi connectivity index (χ0n) is 10.6. The summed E-state index contributed by atoms with van der Waals surface area (Å²) >= 11 is 0. The van der Waals surface area contributed by atoms with Crippen molar-refractivity contribution in [2.45, 2.75) is 18.9 Å². The molecule has 2 rings (SSSR count). The van der Waals surface area contributed by atoms with Gasteiger partial charge in [-0.05, 0) is 24.9 Å². The van der Waals surface area contributed by atoms with Gasteiger partial charge in [0.1, 0.15) is 0 Å². The van der Waals surface area contributed by atoms with Gasteiger partial charge < -0.3 is 11.1 Å². The van der Waals surface area contributed by atoms with Crippen molar-refractivity contribution in [2.75, 3.05) is 26.2 Å². The molecule has 4 nitrogen and oxygen atoms in total. The van der Waals surface area contributed by atoms with E-state index in [-0.39, 0.29) is 11.9 Å². The Balaban J connectivity index is 2.15. The Morgan fingerprint density at radius 3 is 2.83 bits per heavy atom. The summed E-state index contributed by atoms with van der Waals surface area (Å²) in [5.41, 5.74) is 6.97. The first-order valence-corrected chi connectivity index (χ1v) is 6.57. The maximum atomic E-state index is 11.6. The van der Waals surface area contributed by atoms with E-state index in [1.54, 1.807) is 0 Å². The average molecular weight is 247 g/mol. The molecule has 3 N–H and O–H groups in total.